The van der Waals surface area contributed by atoms with Gasteiger partial charge in [0.1, 0.15) is 17.1 Å². The van der Waals surface area contributed by atoms with Crippen molar-refractivity contribution in [2.75, 3.05) is 18.5 Å². The number of hydrogen-bond donors (Lipinski definition) is 1. The van der Waals surface area contributed by atoms with Gasteiger partial charge in [-0.3, -0.25) is 9.29 Å². The molecule has 10 heteroatoms. The average molecular weight is 534 g/mol. The average Bonchev–Trinajstić information content (AvgIpc) is 3.34. The number of nitrogens with one attached hydrogen (secondary N) is 1. The minimum Gasteiger partial charge on any atom is -0.497 e. The number of rotatable bonds is 8. The highest BCUT2D eigenvalue weighted by Gasteiger charge is 2.21. The fraction of sp³-hybridized carbons (Fsp3) is 0.148. The molecule has 0 spiro atoms. The summed E-state index contributed by atoms with van der Waals surface area (Å²) in [6, 6.07) is 19.1. The molecule has 5 aromatic rings. The van der Waals surface area contributed by atoms with Crippen LogP contribution in [0.4, 0.5) is 5.69 Å². The van der Waals surface area contributed by atoms with Crippen molar-refractivity contribution in [2.24, 2.45) is 0 Å². The smallest absolute Gasteiger partial charge is 0.264 e. The first-order chi connectivity index (χ1) is 17.8. The Morgan fingerprint density at radius 1 is 0.946 bits per heavy atom. The maximum absolute atomic E-state index is 13.1. The summed E-state index contributed by atoms with van der Waals surface area (Å²) in [5.74, 6) is 1.59. The van der Waals surface area contributed by atoms with Crippen molar-refractivity contribution >= 4 is 38.5 Å². The minimum absolute atomic E-state index is 0.191. The lowest BCUT2D eigenvalue weighted by Crippen LogP contribution is -2.26. The molecule has 0 saturated carbocycles. The third-order valence-corrected chi connectivity index (χ3v) is 8.12. The number of halogens is 1. The summed E-state index contributed by atoms with van der Waals surface area (Å²) in [7, 11) is -0.574. The quantitative estimate of drug-likeness (QED) is 0.291. The summed E-state index contributed by atoms with van der Waals surface area (Å²) in [4.78, 5) is 17.0. The highest BCUT2D eigenvalue weighted by Crippen LogP contribution is 2.27. The molecular formula is C27H24ClN5O3S. The fourth-order valence-corrected chi connectivity index (χ4v) is 5.28. The van der Waals surface area contributed by atoms with Crippen molar-refractivity contribution < 1.29 is 13.2 Å². The van der Waals surface area contributed by atoms with Crippen molar-refractivity contribution in [1.29, 1.82) is 0 Å². The summed E-state index contributed by atoms with van der Waals surface area (Å²) in [5.41, 5.74) is 4.57. The van der Waals surface area contributed by atoms with Gasteiger partial charge in [0, 0.05) is 48.2 Å². The van der Waals surface area contributed by atoms with Crippen LogP contribution in [0.25, 0.3) is 22.3 Å². The van der Waals surface area contributed by atoms with E-state index in [1.807, 2.05) is 18.2 Å². The van der Waals surface area contributed by atoms with Crippen LogP contribution in [0.3, 0.4) is 0 Å². The van der Waals surface area contributed by atoms with Crippen molar-refractivity contribution in [3.8, 4) is 16.9 Å². The van der Waals surface area contributed by atoms with Crippen LogP contribution in [0.5, 0.6) is 5.75 Å². The Morgan fingerprint density at radius 3 is 2.43 bits per heavy atom. The number of H-pyrrole nitrogens is 1. The fourth-order valence-electron chi connectivity index (χ4n) is 3.95. The third kappa shape index (κ3) is 5.28. The first-order valence-electron chi connectivity index (χ1n) is 11.5. The standard InChI is InChI=1S/C27H24ClN5O3S/c1-33(22-8-5-20(28)6-9-22)37(34,35)24-10-3-18(4-11-24)19-15-25-27(30-17-19)32-26(31-25)12-7-21-16-23(36-2)13-14-29-21/h3-6,8-11,13-17H,7,12H2,1-2H3,(H,30,31,32). The second-order valence-corrected chi connectivity index (χ2v) is 10.8. The molecule has 0 aliphatic rings. The van der Waals surface area contributed by atoms with E-state index in [4.69, 9.17) is 16.3 Å². The number of fused-ring (bicyclic) bond motifs is 1. The molecule has 0 radical (unpaired) electrons. The minimum atomic E-state index is -3.72. The van der Waals surface area contributed by atoms with Gasteiger partial charge in [0.15, 0.2) is 5.65 Å². The molecule has 0 aliphatic heterocycles. The van der Waals surface area contributed by atoms with Crippen LogP contribution in [-0.2, 0) is 22.9 Å². The van der Waals surface area contributed by atoms with Gasteiger partial charge in [0.2, 0.25) is 0 Å². The number of sulfonamides is 1. The molecule has 0 amide bonds. The van der Waals surface area contributed by atoms with Gasteiger partial charge < -0.3 is 9.72 Å². The monoisotopic (exact) mass is 533 g/mol. The first kappa shape index (κ1) is 24.7. The number of methoxy groups -OCH3 is 1. The molecular weight excluding hydrogens is 510 g/mol. The van der Waals surface area contributed by atoms with Gasteiger partial charge in [0.05, 0.1) is 17.7 Å². The zero-order chi connectivity index (χ0) is 26.0. The Balaban J connectivity index is 1.33. The lowest BCUT2D eigenvalue weighted by atomic mass is 10.1. The van der Waals surface area contributed by atoms with Crippen molar-refractivity contribution in [2.45, 2.75) is 17.7 Å². The van der Waals surface area contributed by atoms with Crippen LogP contribution in [0.15, 0.2) is 84.0 Å². The molecule has 0 unspecified atom stereocenters. The molecule has 188 valence electrons. The van der Waals surface area contributed by atoms with Crippen LogP contribution in [0.2, 0.25) is 5.02 Å². The van der Waals surface area contributed by atoms with Crippen LogP contribution < -0.4 is 9.04 Å². The second kappa shape index (κ2) is 10.2. The van der Waals surface area contributed by atoms with Gasteiger partial charge in [-0.25, -0.2) is 18.4 Å². The number of aryl methyl sites for hydroxylation is 2. The Kier molecular flexibility index (Phi) is 6.82. The number of ether oxygens (including phenoxy) is 1. The van der Waals surface area contributed by atoms with Gasteiger partial charge in [-0.2, -0.15) is 0 Å². The predicted molar refractivity (Wildman–Crippen MR) is 145 cm³/mol. The number of pyridine rings is 2. The molecule has 0 aliphatic carbocycles. The Labute approximate surface area is 220 Å². The maximum atomic E-state index is 13.1. The van der Waals surface area contributed by atoms with E-state index < -0.39 is 10.0 Å². The first-order valence-corrected chi connectivity index (χ1v) is 13.3. The van der Waals surface area contributed by atoms with Gasteiger partial charge in [-0.05, 0) is 60.5 Å². The van der Waals surface area contributed by atoms with E-state index in [1.54, 1.807) is 68.0 Å². The van der Waals surface area contributed by atoms with E-state index in [-0.39, 0.29) is 4.90 Å². The maximum Gasteiger partial charge on any atom is 0.264 e. The van der Waals surface area contributed by atoms with E-state index in [1.165, 1.54) is 11.4 Å². The van der Waals surface area contributed by atoms with Crippen LogP contribution >= 0.6 is 11.6 Å². The Hall–Kier alpha value is -3.95. The molecule has 0 atom stereocenters. The predicted octanol–water partition coefficient (Wildman–Crippen LogP) is 5.29. The zero-order valence-corrected chi connectivity index (χ0v) is 21.8. The summed E-state index contributed by atoms with van der Waals surface area (Å²) in [6.07, 6.45) is 4.87. The second-order valence-electron chi connectivity index (χ2n) is 8.44. The normalized spacial score (nSPS) is 11.5. The van der Waals surface area contributed by atoms with E-state index in [0.717, 1.165) is 33.9 Å². The molecule has 3 heterocycles. The molecule has 3 aromatic heterocycles. The molecule has 0 bridgehead atoms. The van der Waals surface area contributed by atoms with E-state index in [9.17, 15) is 8.42 Å². The zero-order valence-electron chi connectivity index (χ0n) is 20.2. The van der Waals surface area contributed by atoms with E-state index in [2.05, 4.69) is 19.9 Å². The Morgan fingerprint density at radius 2 is 1.70 bits per heavy atom. The number of aromatic amines is 1. The van der Waals surface area contributed by atoms with Crippen LogP contribution in [0, 0.1) is 0 Å². The third-order valence-electron chi connectivity index (χ3n) is 6.06. The molecule has 0 saturated heterocycles. The lowest BCUT2D eigenvalue weighted by molar-refractivity contribution is 0.413. The number of hydrogen-bond acceptors (Lipinski definition) is 6. The SMILES string of the molecule is COc1ccnc(CCc2nc3cc(-c4ccc(S(=O)(=O)N(C)c5ccc(Cl)cc5)cc4)cnc3[nH]2)c1. The molecule has 5 rings (SSSR count). The number of aromatic nitrogens is 4. The van der Waals surface area contributed by atoms with Crippen molar-refractivity contribution in [3.63, 3.8) is 0 Å². The molecule has 37 heavy (non-hydrogen) atoms. The van der Waals surface area contributed by atoms with Crippen molar-refractivity contribution in [3.05, 3.63) is 95.7 Å². The topological polar surface area (TPSA) is 101 Å². The van der Waals surface area contributed by atoms with Crippen molar-refractivity contribution in [1.82, 2.24) is 19.9 Å². The Bertz CT molecular complexity index is 1650. The van der Waals surface area contributed by atoms with Gasteiger partial charge >= 0.3 is 0 Å². The lowest BCUT2D eigenvalue weighted by Gasteiger charge is -2.19. The molecule has 2 aromatic carbocycles. The summed E-state index contributed by atoms with van der Waals surface area (Å²) in [6.45, 7) is 0. The molecule has 0 fully saturated rings. The van der Waals surface area contributed by atoms with E-state index in [0.29, 0.717) is 29.2 Å². The largest absolute Gasteiger partial charge is 0.497 e. The summed E-state index contributed by atoms with van der Waals surface area (Å²) in [5, 5.41) is 0.544. The van der Waals surface area contributed by atoms with Crippen LogP contribution in [-0.4, -0.2) is 42.5 Å². The van der Waals surface area contributed by atoms with Crippen LogP contribution in [0.1, 0.15) is 11.5 Å². The number of anilines is 1. The van der Waals surface area contributed by atoms with Gasteiger partial charge in [0.25, 0.3) is 10.0 Å². The molecule has 1 N–H and O–H groups in total. The van der Waals surface area contributed by atoms with E-state index >= 15 is 0 Å². The highest BCUT2D eigenvalue weighted by molar-refractivity contribution is 7.92. The van der Waals surface area contributed by atoms with Gasteiger partial charge in [-0.1, -0.05) is 23.7 Å². The summed E-state index contributed by atoms with van der Waals surface area (Å²) >= 11 is 5.93. The summed E-state index contributed by atoms with van der Waals surface area (Å²) < 4.78 is 32.7. The molecule has 8 nitrogen and oxygen atoms in total. The van der Waals surface area contributed by atoms with Gasteiger partial charge in [-0.15, -0.1) is 0 Å². The highest BCUT2D eigenvalue weighted by atomic mass is 35.5. The number of nitrogens with zero attached hydrogens (tertiary/aromatic N) is 4. The number of imidazole rings is 1. The number of benzene rings is 2.